The van der Waals surface area contributed by atoms with Gasteiger partial charge in [-0.15, -0.1) is 0 Å². The average Bonchev–Trinajstić information content (AvgIpc) is 3.50. The van der Waals surface area contributed by atoms with E-state index in [2.05, 4.69) is 149 Å². The zero-order chi connectivity index (χ0) is 29.2. The summed E-state index contributed by atoms with van der Waals surface area (Å²) in [5, 5.41) is 0. The number of allylic oxidation sites excluding steroid dienone is 2. The molecule has 0 spiro atoms. The van der Waals surface area contributed by atoms with Crippen LogP contribution in [0.3, 0.4) is 0 Å². The van der Waals surface area contributed by atoms with Crippen LogP contribution in [-0.4, -0.2) is 3.21 Å². The average molecular weight is 665 g/mol. The molecule has 0 saturated heterocycles. The quantitative estimate of drug-likeness (QED) is 0.179. The van der Waals surface area contributed by atoms with Crippen molar-refractivity contribution in [1.29, 1.82) is 0 Å². The van der Waals surface area contributed by atoms with Crippen molar-refractivity contribution in [3.8, 4) is 11.1 Å². The normalized spacial score (nSPS) is 16.1. The summed E-state index contributed by atoms with van der Waals surface area (Å²) in [5.41, 5.74) is 14.8. The van der Waals surface area contributed by atoms with Crippen LogP contribution in [0.15, 0.2) is 121 Å². The predicted molar refractivity (Wildman–Crippen MR) is 179 cm³/mol. The molecule has 0 fully saturated rings. The Morgan fingerprint density at radius 1 is 0.571 bits per heavy atom. The van der Waals surface area contributed by atoms with Crippen LogP contribution in [0.5, 0.6) is 0 Å². The van der Waals surface area contributed by atoms with Crippen LogP contribution in [0.4, 0.5) is 0 Å². The van der Waals surface area contributed by atoms with Crippen molar-refractivity contribution in [2.75, 3.05) is 0 Å². The van der Waals surface area contributed by atoms with Gasteiger partial charge in [-0.05, 0) is 0 Å². The first kappa shape index (κ1) is 28.0. The Morgan fingerprint density at radius 3 is 1.62 bits per heavy atom. The van der Waals surface area contributed by atoms with Crippen LogP contribution in [0.2, 0.25) is 0 Å². The summed E-state index contributed by atoms with van der Waals surface area (Å²) in [4.78, 5) is 0. The predicted octanol–water partition coefficient (Wildman–Crippen LogP) is 11.1. The summed E-state index contributed by atoms with van der Waals surface area (Å²) in [5.74, 6) is 0. The second-order valence-electron chi connectivity index (χ2n) is 12.2. The van der Waals surface area contributed by atoms with Crippen molar-refractivity contribution >= 4 is 25.8 Å². The Balaban J connectivity index is 1.74. The molecule has 208 valence electrons. The van der Waals surface area contributed by atoms with E-state index in [-0.39, 0.29) is 7.25 Å². The van der Waals surface area contributed by atoms with E-state index >= 15 is 0 Å². The van der Waals surface area contributed by atoms with Crippen molar-refractivity contribution in [2.45, 2.75) is 34.9 Å². The van der Waals surface area contributed by atoms with Gasteiger partial charge in [-0.3, -0.25) is 0 Å². The van der Waals surface area contributed by atoms with Gasteiger partial charge in [0.25, 0.3) is 0 Å². The maximum atomic E-state index is 8.84. The third-order valence-corrected chi connectivity index (χ3v) is 29.0. The molecular weight excluding hydrogens is 631 g/mol. The van der Waals surface area contributed by atoms with Crippen molar-refractivity contribution in [3.05, 3.63) is 171 Å². The van der Waals surface area contributed by atoms with Gasteiger partial charge in [0.1, 0.15) is 0 Å². The van der Waals surface area contributed by atoms with E-state index in [0.29, 0.717) is 0 Å². The molecule has 2 aliphatic rings. The van der Waals surface area contributed by atoms with Crippen LogP contribution < -0.4 is 0 Å². The molecule has 1 atom stereocenters. The third kappa shape index (κ3) is 4.08. The van der Waals surface area contributed by atoms with E-state index in [1.54, 1.807) is 0 Å². The van der Waals surface area contributed by atoms with E-state index in [1.807, 2.05) is 0 Å². The van der Waals surface area contributed by atoms with E-state index in [4.69, 9.17) is 17.0 Å². The Morgan fingerprint density at radius 2 is 1.10 bits per heavy atom. The minimum absolute atomic E-state index is 0.107. The van der Waals surface area contributed by atoms with Gasteiger partial charge in [-0.1, -0.05) is 0 Å². The first-order chi connectivity index (χ1) is 20.2. The van der Waals surface area contributed by atoms with E-state index < -0.39 is 15.9 Å². The fourth-order valence-electron chi connectivity index (χ4n) is 7.83. The number of aryl methyl sites for hydroxylation is 3. The Labute approximate surface area is 257 Å². The molecule has 2 aliphatic carbocycles. The van der Waals surface area contributed by atoms with Gasteiger partial charge in [-0.2, -0.15) is 0 Å². The molecule has 0 saturated carbocycles. The van der Waals surface area contributed by atoms with Crippen LogP contribution in [0.25, 0.3) is 16.7 Å². The zero-order valence-electron chi connectivity index (χ0n) is 24.5. The van der Waals surface area contributed by atoms with Crippen molar-refractivity contribution in [1.82, 2.24) is 0 Å². The fraction of sp³-hybridized carbons (Fsp3) is 0.154. The summed E-state index contributed by atoms with van der Waals surface area (Å²) in [7, 11) is 17.7. The summed E-state index contributed by atoms with van der Waals surface area (Å²) in [6, 6.07) is 41.7. The molecule has 0 radical (unpaired) electrons. The van der Waals surface area contributed by atoms with Crippen molar-refractivity contribution < 1.29 is 15.9 Å². The molecule has 0 aliphatic heterocycles. The number of hydrogen-bond donors (Lipinski definition) is 0. The van der Waals surface area contributed by atoms with Gasteiger partial charge in [0, 0.05) is 0 Å². The number of rotatable bonds is 4. The molecule has 0 aromatic heterocycles. The molecule has 1 unspecified atom stereocenters. The van der Waals surface area contributed by atoms with E-state index in [0.717, 1.165) is 14.3 Å². The summed E-state index contributed by atoms with van der Waals surface area (Å²) in [6.07, 6.45) is 2.41. The Bertz CT molecular complexity index is 1880. The minimum atomic E-state index is -5.46. The fourth-order valence-corrected chi connectivity index (χ4v) is 28.5. The van der Waals surface area contributed by atoms with Crippen LogP contribution >= 0.6 is 17.0 Å². The van der Waals surface area contributed by atoms with Crippen LogP contribution in [0.1, 0.15) is 64.2 Å². The summed E-state index contributed by atoms with van der Waals surface area (Å²) < 4.78 is 0.900. The molecule has 0 N–H and O–H groups in total. The number of hydrogen-bond acceptors (Lipinski definition) is 0. The molecule has 7 rings (SSSR count). The molecule has 0 amide bonds. The van der Waals surface area contributed by atoms with Gasteiger partial charge in [-0.25, -0.2) is 0 Å². The number of fused-ring (bicyclic) bond motifs is 4. The van der Waals surface area contributed by atoms with Crippen molar-refractivity contribution in [3.63, 3.8) is 0 Å². The molecule has 0 nitrogen and oxygen atoms in total. The second-order valence-corrected chi connectivity index (χ2v) is 32.9. The van der Waals surface area contributed by atoms with Gasteiger partial charge in [0.15, 0.2) is 0 Å². The standard InChI is InChI=1S/C15H13.C13H10.C11H11.2ClH.Zr/c1-10-3-5-14-12(7-10)9-13-8-11(2)4-6-15(13)14;1-3-7-12(8-4-1)11-13-9-5-2-6-10-13;1-8-4-3-5-10-7-6-9(2)11(8)10;;;/h3-9H,1-2H3;1-10H;3-7H,1-2H3;2*1H;/q;;;;;+2/p-2. The van der Waals surface area contributed by atoms with Gasteiger partial charge in [0.2, 0.25) is 0 Å². The number of halogens is 2. The first-order valence-electron chi connectivity index (χ1n) is 14.7. The van der Waals surface area contributed by atoms with Gasteiger partial charge >= 0.3 is 259 Å². The van der Waals surface area contributed by atoms with E-state index in [9.17, 15) is 0 Å². The Kier molecular flexibility index (Phi) is 6.74. The topological polar surface area (TPSA) is 0 Å². The molecule has 0 heterocycles. The molecule has 5 aromatic carbocycles. The van der Waals surface area contributed by atoms with Crippen molar-refractivity contribution in [2.24, 2.45) is 0 Å². The Hall–Kier alpha value is -2.83. The SMILES string of the molecule is CC1=C[CH]([Zr]([Cl])([Cl])(=[C](c2ccccc2)c2ccccc2)[CH]2c3cc(C)ccc3-c3ccc(C)cc32)c2cccc(C)c21. The number of benzene rings is 5. The molecule has 5 aromatic rings. The summed E-state index contributed by atoms with van der Waals surface area (Å²) in [6.45, 7) is 8.78. The van der Waals surface area contributed by atoms with Gasteiger partial charge < -0.3 is 0 Å². The zero-order valence-corrected chi connectivity index (χ0v) is 28.4. The molecule has 0 bridgehead atoms. The second kappa shape index (κ2) is 10.1. The molecule has 42 heavy (non-hydrogen) atoms. The maximum absolute atomic E-state index is 8.84. The monoisotopic (exact) mass is 662 g/mol. The van der Waals surface area contributed by atoms with Crippen LogP contribution in [-0.2, 0) is 15.9 Å². The van der Waals surface area contributed by atoms with E-state index in [1.165, 1.54) is 55.6 Å². The third-order valence-electron chi connectivity index (χ3n) is 9.48. The van der Waals surface area contributed by atoms with Gasteiger partial charge in [0.05, 0.1) is 0 Å². The first-order valence-corrected chi connectivity index (χ1v) is 25.1. The van der Waals surface area contributed by atoms with Crippen LogP contribution in [0, 0.1) is 20.8 Å². The molecule has 3 heteroatoms. The molecular formula is C39H34Cl2Zr. The summed E-state index contributed by atoms with van der Waals surface area (Å²) >= 11 is -5.46.